The van der Waals surface area contributed by atoms with Crippen LogP contribution in [-0.2, 0) is 20.6 Å². The minimum atomic E-state index is -4.66. The molecular formula is C33H22F3N3O5S2. The molecule has 4 aromatic carbocycles. The van der Waals surface area contributed by atoms with E-state index in [4.69, 9.17) is 4.74 Å². The summed E-state index contributed by atoms with van der Waals surface area (Å²) in [4.78, 5) is 56.5. The Balaban J connectivity index is 1.17. The molecule has 2 N–H and O–H groups in total. The standard InChI is InChI=1S/C33H22F3N3O5S2/c34-33(35,36)19-9-5-10-20(15-19)39-30(41)26-25(27-29(38-32(43)46-27)45-28(26)31(39)42)18-8-3-11-21(14-18)44-16-24(40)37-23-13-4-7-17-6-1-2-12-22(17)23/h1-15,25-26,28H,16H2,(H,37,40)(H,38,43)/t25-,26-,28+/m0/s1. The fraction of sp³-hybridized carbons (Fsp3) is 0.152. The Morgan fingerprint density at radius 3 is 2.50 bits per heavy atom. The first-order valence-corrected chi connectivity index (χ1v) is 15.7. The molecule has 7 rings (SSSR count). The fourth-order valence-corrected chi connectivity index (χ4v) is 8.43. The average Bonchev–Trinajstić information content (AvgIpc) is 3.53. The van der Waals surface area contributed by atoms with E-state index in [0.29, 0.717) is 26.9 Å². The molecule has 46 heavy (non-hydrogen) atoms. The number of benzene rings is 4. The topological polar surface area (TPSA) is 109 Å². The minimum absolute atomic E-state index is 0.176. The van der Waals surface area contributed by atoms with E-state index in [1.807, 2.05) is 36.4 Å². The predicted octanol–water partition coefficient (Wildman–Crippen LogP) is 6.42. The van der Waals surface area contributed by atoms with Gasteiger partial charge in [0.1, 0.15) is 11.0 Å². The van der Waals surface area contributed by atoms with Gasteiger partial charge in [-0.15, -0.1) is 0 Å². The van der Waals surface area contributed by atoms with Crippen molar-refractivity contribution in [2.24, 2.45) is 5.92 Å². The number of hydrogen-bond acceptors (Lipinski definition) is 7. The summed E-state index contributed by atoms with van der Waals surface area (Å²) in [7, 11) is 0. The number of carbonyl (C=O) groups is 3. The second-order valence-electron chi connectivity index (χ2n) is 10.7. The first-order chi connectivity index (χ1) is 22.1. The largest absolute Gasteiger partial charge is 0.484 e. The summed E-state index contributed by atoms with van der Waals surface area (Å²) < 4.78 is 46.2. The number of H-pyrrole nitrogens is 1. The Morgan fingerprint density at radius 1 is 0.913 bits per heavy atom. The first-order valence-electron chi connectivity index (χ1n) is 14.0. The van der Waals surface area contributed by atoms with Gasteiger partial charge in [0.05, 0.1) is 22.2 Å². The van der Waals surface area contributed by atoms with Crippen LogP contribution in [0.3, 0.4) is 0 Å². The normalized spacial score (nSPS) is 19.2. The lowest BCUT2D eigenvalue weighted by Crippen LogP contribution is -2.32. The summed E-state index contributed by atoms with van der Waals surface area (Å²) in [6.07, 6.45) is -4.66. The lowest BCUT2D eigenvalue weighted by molar-refractivity contribution is -0.137. The Kier molecular flexibility index (Phi) is 7.44. The third-order valence-corrected chi connectivity index (χ3v) is 10.3. The monoisotopic (exact) mass is 661 g/mol. The molecule has 13 heteroatoms. The highest BCUT2D eigenvalue weighted by molar-refractivity contribution is 8.00. The molecule has 2 aliphatic heterocycles. The highest BCUT2D eigenvalue weighted by atomic mass is 32.2. The van der Waals surface area contributed by atoms with Gasteiger partial charge < -0.3 is 15.0 Å². The number of fused-ring (bicyclic) bond motifs is 3. The smallest absolute Gasteiger partial charge is 0.416 e. The molecule has 0 spiro atoms. The zero-order valence-electron chi connectivity index (χ0n) is 23.5. The number of aromatic amines is 1. The van der Waals surface area contributed by atoms with Crippen molar-refractivity contribution >= 4 is 63.0 Å². The molecule has 5 aromatic rings. The molecule has 0 bridgehead atoms. The summed E-state index contributed by atoms with van der Waals surface area (Å²) in [5, 5.41) is 4.15. The summed E-state index contributed by atoms with van der Waals surface area (Å²) in [5.74, 6) is -3.19. The number of thiazole rings is 1. The number of anilines is 2. The van der Waals surface area contributed by atoms with Gasteiger partial charge in [0.15, 0.2) is 6.61 Å². The molecule has 3 atom stereocenters. The van der Waals surface area contributed by atoms with Crippen LogP contribution in [0, 0.1) is 5.92 Å². The SMILES string of the molecule is O=C(COc1cccc([C@@H]2c3sc(=O)[nH]c3S[C@H]3C(=O)N(c4cccc(C(F)(F)F)c4)C(=O)[C@@H]23)c1)Nc1cccc2ccccc12. The maximum absolute atomic E-state index is 13.9. The molecule has 0 unspecified atom stereocenters. The zero-order chi connectivity index (χ0) is 32.2. The second kappa shape index (κ2) is 11.5. The number of halogens is 3. The lowest BCUT2D eigenvalue weighted by Gasteiger charge is -2.30. The fourth-order valence-electron chi connectivity index (χ4n) is 5.92. The van der Waals surface area contributed by atoms with Crippen LogP contribution < -0.4 is 19.8 Å². The molecule has 3 heterocycles. The Bertz CT molecular complexity index is 2090. The molecule has 2 aliphatic rings. The van der Waals surface area contributed by atoms with Gasteiger partial charge in [-0.05, 0) is 47.3 Å². The van der Waals surface area contributed by atoms with Crippen LogP contribution in [-0.4, -0.2) is 34.6 Å². The predicted molar refractivity (Wildman–Crippen MR) is 168 cm³/mol. The summed E-state index contributed by atoms with van der Waals surface area (Å²) in [6, 6.07) is 24.0. The van der Waals surface area contributed by atoms with Crippen LogP contribution in [0.5, 0.6) is 5.75 Å². The van der Waals surface area contributed by atoms with Gasteiger partial charge in [-0.1, -0.05) is 77.7 Å². The molecule has 1 saturated heterocycles. The minimum Gasteiger partial charge on any atom is -0.484 e. The maximum atomic E-state index is 13.9. The number of aromatic nitrogens is 1. The molecular weight excluding hydrogens is 640 g/mol. The van der Waals surface area contributed by atoms with E-state index >= 15 is 0 Å². The first kappa shape index (κ1) is 29.8. The Labute approximate surface area is 267 Å². The van der Waals surface area contributed by atoms with Crippen molar-refractivity contribution in [3.63, 3.8) is 0 Å². The number of rotatable bonds is 6. The van der Waals surface area contributed by atoms with Crippen molar-refractivity contribution in [3.05, 3.63) is 117 Å². The van der Waals surface area contributed by atoms with Crippen LogP contribution >= 0.6 is 23.1 Å². The number of alkyl halides is 3. The van der Waals surface area contributed by atoms with Gasteiger partial charge in [-0.25, -0.2) is 4.90 Å². The second-order valence-corrected chi connectivity index (χ2v) is 12.9. The van der Waals surface area contributed by atoms with Gasteiger partial charge in [-0.3, -0.25) is 19.2 Å². The number of thioether (sulfide) groups is 1. The molecule has 1 aromatic heterocycles. The molecule has 0 aliphatic carbocycles. The number of carbonyl (C=O) groups excluding carboxylic acids is 3. The van der Waals surface area contributed by atoms with Crippen molar-refractivity contribution in [1.82, 2.24) is 4.98 Å². The van der Waals surface area contributed by atoms with Crippen molar-refractivity contribution in [2.75, 3.05) is 16.8 Å². The molecule has 3 amide bonds. The van der Waals surface area contributed by atoms with E-state index in [2.05, 4.69) is 10.3 Å². The number of nitrogens with one attached hydrogen (secondary N) is 2. The quantitative estimate of drug-likeness (QED) is 0.203. The van der Waals surface area contributed by atoms with Crippen LogP contribution in [0.1, 0.15) is 21.9 Å². The van der Waals surface area contributed by atoms with E-state index in [0.717, 1.165) is 57.0 Å². The molecule has 1 fully saturated rings. The van der Waals surface area contributed by atoms with Crippen LogP contribution in [0.15, 0.2) is 101 Å². The van der Waals surface area contributed by atoms with E-state index < -0.39 is 46.5 Å². The summed E-state index contributed by atoms with van der Waals surface area (Å²) >= 11 is 1.93. The van der Waals surface area contributed by atoms with Crippen LogP contribution in [0.4, 0.5) is 24.5 Å². The molecule has 232 valence electrons. The summed E-state index contributed by atoms with van der Waals surface area (Å²) in [5.41, 5.74) is 0.0220. The Morgan fingerprint density at radius 2 is 1.67 bits per heavy atom. The van der Waals surface area contributed by atoms with Crippen molar-refractivity contribution in [1.29, 1.82) is 0 Å². The highest BCUT2D eigenvalue weighted by Gasteiger charge is 2.56. The summed E-state index contributed by atoms with van der Waals surface area (Å²) in [6.45, 7) is -0.317. The van der Waals surface area contributed by atoms with Gasteiger partial charge in [0.2, 0.25) is 11.8 Å². The van der Waals surface area contributed by atoms with Crippen molar-refractivity contribution in [2.45, 2.75) is 22.4 Å². The third kappa shape index (κ3) is 5.35. The van der Waals surface area contributed by atoms with E-state index in [1.165, 1.54) is 6.07 Å². The average molecular weight is 662 g/mol. The molecule has 0 radical (unpaired) electrons. The van der Waals surface area contributed by atoms with E-state index in [-0.39, 0.29) is 17.2 Å². The third-order valence-electron chi connectivity index (χ3n) is 7.91. The number of ether oxygens (including phenoxy) is 1. The number of amides is 3. The van der Waals surface area contributed by atoms with E-state index in [1.54, 1.807) is 30.3 Å². The number of imide groups is 1. The van der Waals surface area contributed by atoms with Gasteiger partial charge in [-0.2, -0.15) is 13.2 Å². The molecule has 0 saturated carbocycles. The Hall–Kier alpha value is -4.88. The van der Waals surface area contributed by atoms with Gasteiger partial charge in [0, 0.05) is 21.9 Å². The zero-order valence-corrected chi connectivity index (χ0v) is 25.2. The van der Waals surface area contributed by atoms with Crippen LogP contribution in [0.25, 0.3) is 10.8 Å². The van der Waals surface area contributed by atoms with E-state index in [9.17, 15) is 32.3 Å². The maximum Gasteiger partial charge on any atom is 0.416 e. The van der Waals surface area contributed by atoms with Crippen molar-refractivity contribution in [3.8, 4) is 5.75 Å². The van der Waals surface area contributed by atoms with Crippen molar-refractivity contribution < 1.29 is 32.3 Å². The van der Waals surface area contributed by atoms with Gasteiger partial charge in [0.25, 0.3) is 5.91 Å². The number of hydrogen-bond donors (Lipinski definition) is 2. The molecule has 8 nitrogen and oxygen atoms in total. The highest BCUT2D eigenvalue weighted by Crippen LogP contribution is 2.53. The lowest BCUT2D eigenvalue weighted by atomic mass is 9.83. The van der Waals surface area contributed by atoms with Gasteiger partial charge >= 0.3 is 11.0 Å². The number of nitrogens with zero attached hydrogens (tertiary/aromatic N) is 1. The van der Waals surface area contributed by atoms with Crippen LogP contribution in [0.2, 0.25) is 0 Å².